The number of nitrogens with one attached hydrogen (secondary N) is 1. The summed E-state index contributed by atoms with van der Waals surface area (Å²) in [7, 11) is 0. The first-order valence-electron chi connectivity index (χ1n) is 35.3. The lowest BCUT2D eigenvalue weighted by Gasteiger charge is -2.40. The van der Waals surface area contributed by atoms with Crippen molar-refractivity contribution in [1.82, 2.24) is 5.32 Å². The number of hydrogen-bond acceptors (Lipinski definition) is 8. The molecule has 0 aromatic carbocycles. The second kappa shape index (κ2) is 63.6. The molecule has 0 aliphatic carbocycles. The van der Waals surface area contributed by atoms with Crippen LogP contribution in [0.5, 0.6) is 0 Å². The van der Waals surface area contributed by atoms with E-state index in [-0.39, 0.29) is 12.5 Å². The highest BCUT2D eigenvalue weighted by Crippen LogP contribution is 2.23. The van der Waals surface area contributed by atoms with Crippen LogP contribution in [0.1, 0.15) is 296 Å². The number of carbonyl (C=O) groups is 1. The third-order valence-corrected chi connectivity index (χ3v) is 16.0. The van der Waals surface area contributed by atoms with Gasteiger partial charge in [-0.05, 0) is 103 Å². The second-order valence-corrected chi connectivity index (χ2v) is 23.9. The Labute approximate surface area is 522 Å². The van der Waals surface area contributed by atoms with Crippen molar-refractivity contribution in [1.29, 1.82) is 0 Å². The molecule has 9 nitrogen and oxygen atoms in total. The number of carbonyl (C=O) groups excluding carboxylic acids is 1. The molecule has 0 aromatic heterocycles. The molecule has 1 aliphatic rings. The first-order valence-corrected chi connectivity index (χ1v) is 35.3. The van der Waals surface area contributed by atoms with E-state index in [1.165, 1.54) is 186 Å². The molecule has 488 valence electrons. The van der Waals surface area contributed by atoms with Crippen LogP contribution in [0.4, 0.5) is 0 Å². The minimum Gasteiger partial charge on any atom is -0.394 e. The normalized spacial score (nSPS) is 18.9. The summed E-state index contributed by atoms with van der Waals surface area (Å²) >= 11 is 0. The van der Waals surface area contributed by atoms with Crippen LogP contribution in [-0.4, -0.2) is 87.5 Å². The summed E-state index contributed by atoms with van der Waals surface area (Å²) in [5, 5.41) is 54.7. The van der Waals surface area contributed by atoms with Gasteiger partial charge in [0.2, 0.25) is 5.91 Å². The van der Waals surface area contributed by atoms with Crippen LogP contribution in [0, 0.1) is 0 Å². The minimum absolute atomic E-state index is 0.190. The molecule has 6 N–H and O–H groups in total. The largest absolute Gasteiger partial charge is 0.394 e. The highest BCUT2D eigenvalue weighted by molar-refractivity contribution is 5.76. The molecule has 0 saturated carbocycles. The average Bonchev–Trinajstić information content (AvgIpc) is 3.68. The molecule has 0 radical (unpaired) electrons. The van der Waals surface area contributed by atoms with Gasteiger partial charge in [0.1, 0.15) is 24.4 Å². The maximum Gasteiger partial charge on any atom is 0.220 e. The van der Waals surface area contributed by atoms with E-state index in [0.29, 0.717) is 6.42 Å². The van der Waals surface area contributed by atoms with E-state index < -0.39 is 49.5 Å². The fourth-order valence-corrected chi connectivity index (χ4v) is 10.5. The number of unbranched alkanes of at least 4 members (excludes halogenated alkanes) is 32. The standard InChI is InChI=1S/C76H131NO8/c1-3-5-7-9-11-13-15-17-19-21-23-25-26-27-28-29-30-31-32-33-34-35-36-37-38-39-40-41-42-43-44-46-48-50-52-54-56-58-60-62-64-66-72(80)77-69(68-84-76-75(83)74(82)73(81)71(67-78)85-76)70(79)65-63-61-59-57-55-53-51-49-47-45-24-22-20-18-16-14-12-10-8-6-4-2/h5,7,11,13,17,19,23,25,27-28,30-31,33-34,47,49,55,57,63,65,69-71,73-76,78-79,81-83H,3-4,6,8-10,12,14-16,18,20-22,24,26,29,32,35-46,48,50-54,56,58-62,64,66-68H2,1-2H3,(H,77,80)/b7-5-,13-11-,19-17-,25-23-,28-27-,31-30-,34-33-,49-47+,57-55+,65-63+. The Morgan fingerprint density at radius 2 is 0.741 bits per heavy atom. The van der Waals surface area contributed by atoms with Crippen molar-refractivity contribution >= 4 is 5.91 Å². The zero-order valence-electron chi connectivity index (χ0n) is 54.6. The number of hydrogen-bond donors (Lipinski definition) is 6. The lowest BCUT2D eigenvalue weighted by Crippen LogP contribution is -2.60. The SMILES string of the molecule is CC/C=C\C/C=C\C/C=C\C/C=C\C/C=C\C/C=C\C/C=C\CCCCCCCCCCCCCCCCCCCCCC(=O)NC(COC1OC(CO)C(O)C(O)C1O)C(O)/C=C/CC/C=C/CC/C=C/CCCCCCCCCCCCC. The van der Waals surface area contributed by atoms with Crippen LogP contribution in [0.3, 0.4) is 0 Å². The van der Waals surface area contributed by atoms with Crippen molar-refractivity contribution in [3.8, 4) is 0 Å². The van der Waals surface area contributed by atoms with Crippen molar-refractivity contribution in [3.05, 3.63) is 122 Å². The zero-order chi connectivity index (χ0) is 61.4. The Bertz CT molecular complexity index is 1760. The third-order valence-electron chi connectivity index (χ3n) is 16.0. The molecular weight excluding hydrogens is 1050 g/mol. The fraction of sp³-hybridized carbons (Fsp3) is 0.724. The summed E-state index contributed by atoms with van der Waals surface area (Å²) < 4.78 is 11.3. The van der Waals surface area contributed by atoms with E-state index in [9.17, 15) is 30.3 Å². The van der Waals surface area contributed by atoms with Crippen LogP contribution in [0.2, 0.25) is 0 Å². The van der Waals surface area contributed by atoms with Gasteiger partial charge in [0, 0.05) is 6.42 Å². The van der Waals surface area contributed by atoms with Gasteiger partial charge in [0.05, 0.1) is 25.4 Å². The lowest BCUT2D eigenvalue weighted by molar-refractivity contribution is -0.302. The van der Waals surface area contributed by atoms with Crippen molar-refractivity contribution in [3.63, 3.8) is 0 Å². The van der Waals surface area contributed by atoms with E-state index in [1.54, 1.807) is 6.08 Å². The van der Waals surface area contributed by atoms with Crippen LogP contribution in [0.15, 0.2) is 122 Å². The van der Waals surface area contributed by atoms with Crippen LogP contribution in [0.25, 0.3) is 0 Å². The molecule has 1 aliphatic heterocycles. The Morgan fingerprint density at radius 3 is 1.13 bits per heavy atom. The Hall–Kier alpha value is -3.41. The molecular formula is C76H131NO8. The predicted octanol–water partition coefficient (Wildman–Crippen LogP) is 19.4. The quantitative estimate of drug-likeness (QED) is 0.0261. The van der Waals surface area contributed by atoms with Gasteiger partial charge in [-0.25, -0.2) is 0 Å². The molecule has 7 unspecified atom stereocenters. The molecule has 1 saturated heterocycles. The van der Waals surface area contributed by atoms with Crippen LogP contribution < -0.4 is 5.32 Å². The van der Waals surface area contributed by atoms with Crippen LogP contribution in [-0.2, 0) is 14.3 Å². The molecule has 9 heteroatoms. The van der Waals surface area contributed by atoms with Crippen LogP contribution >= 0.6 is 0 Å². The number of ether oxygens (including phenoxy) is 2. The van der Waals surface area contributed by atoms with Gasteiger partial charge in [-0.2, -0.15) is 0 Å². The van der Waals surface area contributed by atoms with Crippen molar-refractivity contribution in [2.24, 2.45) is 0 Å². The number of rotatable bonds is 60. The summed E-state index contributed by atoms with van der Waals surface area (Å²) in [6.07, 6.45) is 88.8. The molecule has 0 spiro atoms. The van der Waals surface area contributed by atoms with E-state index in [4.69, 9.17) is 9.47 Å². The molecule has 1 amide bonds. The first kappa shape index (κ1) is 79.6. The van der Waals surface area contributed by atoms with Gasteiger partial charge < -0.3 is 40.3 Å². The monoisotopic (exact) mass is 1190 g/mol. The Balaban J connectivity index is 2.11. The molecule has 7 atom stereocenters. The van der Waals surface area contributed by atoms with Gasteiger partial charge in [0.25, 0.3) is 0 Å². The van der Waals surface area contributed by atoms with Gasteiger partial charge in [0.15, 0.2) is 6.29 Å². The van der Waals surface area contributed by atoms with Crippen molar-refractivity contribution < 1.29 is 39.8 Å². The molecule has 1 fully saturated rings. The topological polar surface area (TPSA) is 149 Å². The summed E-state index contributed by atoms with van der Waals surface area (Å²) in [4.78, 5) is 13.1. The van der Waals surface area contributed by atoms with E-state index >= 15 is 0 Å². The predicted molar refractivity (Wildman–Crippen MR) is 364 cm³/mol. The molecule has 1 rings (SSSR count). The second-order valence-electron chi connectivity index (χ2n) is 23.9. The van der Waals surface area contributed by atoms with E-state index in [0.717, 1.165) is 89.9 Å². The van der Waals surface area contributed by atoms with Crippen molar-refractivity contribution in [2.75, 3.05) is 13.2 Å². The van der Waals surface area contributed by atoms with Gasteiger partial charge in [-0.15, -0.1) is 0 Å². The van der Waals surface area contributed by atoms with E-state index in [2.05, 4.69) is 129 Å². The van der Waals surface area contributed by atoms with Crippen molar-refractivity contribution in [2.45, 2.75) is 339 Å². The Morgan fingerprint density at radius 1 is 0.412 bits per heavy atom. The molecule has 0 aromatic rings. The number of allylic oxidation sites excluding steroid dienone is 19. The van der Waals surface area contributed by atoms with Gasteiger partial charge in [-0.1, -0.05) is 309 Å². The minimum atomic E-state index is -1.58. The third kappa shape index (κ3) is 52.3. The summed E-state index contributed by atoms with van der Waals surface area (Å²) in [6.45, 7) is 3.66. The average molecular weight is 1190 g/mol. The first-order chi connectivity index (χ1) is 41.8. The number of aliphatic hydroxyl groups excluding tert-OH is 5. The fourth-order valence-electron chi connectivity index (χ4n) is 10.5. The van der Waals surface area contributed by atoms with Gasteiger partial charge in [-0.3, -0.25) is 4.79 Å². The molecule has 85 heavy (non-hydrogen) atoms. The Kier molecular flexibility index (Phi) is 59.6. The van der Waals surface area contributed by atoms with Gasteiger partial charge >= 0.3 is 0 Å². The highest BCUT2D eigenvalue weighted by atomic mass is 16.7. The maximum absolute atomic E-state index is 13.1. The number of aliphatic hydroxyl groups is 5. The summed E-state index contributed by atoms with van der Waals surface area (Å²) in [5.41, 5.74) is 0. The summed E-state index contributed by atoms with van der Waals surface area (Å²) in [5.74, 6) is -0.190. The summed E-state index contributed by atoms with van der Waals surface area (Å²) in [6, 6.07) is -0.834. The zero-order valence-corrected chi connectivity index (χ0v) is 54.6. The maximum atomic E-state index is 13.1. The highest BCUT2D eigenvalue weighted by Gasteiger charge is 2.44. The number of amides is 1. The lowest BCUT2D eigenvalue weighted by atomic mass is 9.99. The smallest absolute Gasteiger partial charge is 0.220 e. The molecule has 0 bridgehead atoms. The molecule has 1 heterocycles. The van der Waals surface area contributed by atoms with E-state index in [1.807, 2.05) is 6.08 Å².